The Bertz CT molecular complexity index is 1430. The fraction of sp³-hybridized carbons (Fsp3) is 0.233. The lowest BCUT2D eigenvalue weighted by Gasteiger charge is -2.25. The Morgan fingerprint density at radius 2 is 1.62 bits per heavy atom. The Hall–Kier alpha value is -4.39. The smallest absolute Gasteiger partial charge is 0.342 e. The van der Waals surface area contributed by atoms with Crippen molar-refractivity contribution in [1.82, 2.24) is 15.1 Å². The third-order valence-corrected chi connectivity index (χ3v) is 6.86. The minimum atomic E-state index is -0.296. The standard InChI is InChI=1S/C30H30N4O3/c1-19-6-10-21(11-7-19)18-31-30(37)34-27(22-4-3-5-22)17-26(33-34)25-15-14-24(16-28(25)35)32-29(36)23-12-8-20(2)9-13-23/h6-17,22,35H,3-5,18H2,1-2H3,(H,31,37)(H,32,36). The molecule has 1 heterocycles. The van der Waals surface area contributed by atoms with Gasteiger partial charge in [-0.1, -0.05) is 53.9 Å². The summed E-state index contributed by atoms with van der Waals surface area (Å²) in [6, 6.07) is 21.8. The topological polar surface area (TPSA) is 96.3 Å². The van der Waals surface area contributed by atoms with Crippen molar-refractivity contribution >= 4 is 17.6 Å². The molecule has 7 heteroatoms. The van der Waals surface area contributed by atoms with Gasteiger partial charge in [-0.15, -0.1) is 0 Å². The zero-order valence-electron chi connectivity index (χ0n) is 21.0. The van der Waals surface area contributed by atoms with Crippen molar-refractivity contribution < 1.29 is 14.7 Å². The summed E-state index contributed by atoms with van der Waals surface area (Å²) in [5.74, 6) is -0.0119. The quantitative estimate of drug-likeness (QED) is 0.300. The van der Waals surface area contributed by atoms with E-state index in [0.29, 0.717) is 29.1 Å². The molecule has 0 aliphatic heterocycles. The second kappa shape index (κ2) is 10.3. The van der Waals surface area contributed by atoms with Gasteiger partial charge in [0.05, 0.1) is 11.4 Å². The fourth-order valence-corrected chi connectivity index (χ4v) is 4.38. The summed E-state index contributed by atoms with van der Waals surface area (Å²) in [6.07, 6.45) is 3.13. The normalized spacial score (nSPS) is 13.1. The van der Waals surface area contributed by atoms with Crippen LogP contribution in [0.2, 0.25) is 0 Å². The molecule has 1 saturated carbocycles. The Balaban J connectivity index is 1.35. The molecule has 1 fully saturated rings. The van der Waals surface area contributed by atoms with E-state index >= 15 is 0 Å². The molecule has 1 aromatic heterocycles. The van der Waals surface area contributed by atoms with Crippen molar-refractivity contribution in [2.75, 3.05) is 5.32 Å². The van der Waals surface area contributed by atoms with Gasteiger partial charge < -0.3 is 15.7 Å². The average Bonchev–Trinajstić information content (AvgIpc) is 3.27. The number of nitrogens with one attached hydrogen (secondary N) is 2. The van der Waals surface area contributed by atoms with E-state index in [2.05, 4.69) is 15.7 Å². The van der Waals surface area contributed by atoms with E-state index in [1.807, 2.05) is 56.3 Å². The number of phenolic OH excluding ortho intramolecular Hbond substituents is 1. The molecule has 0 bridgehead atoms. The minimum Gasteiger partial charge on any atom is -0.507 e. The minimum absolute atomic E-state index is 0.0217. The molecule has 0 saturated heterocycles. The Morgan fingerprint density at radius 3 is 2.24 bits per heavy atom. The fourth-order valence-electron chi connectivity index (χ4n) is 4.38. The van der Waals surface area contributed by atoms with E-state index in [1.54, 1.807) is 24.3 Å². The molecule has 2 amide bonds. The molecule has 3 aromatic carbocycles. The van der Waals surface area contributed by atoms with E-state index in [1.165, 1.54) is 16.3 Å². The van der Waals surface area contributed by atoms with Crippen LogP contribution in [-0.2, 0) is 6.54 Å². The van der Waals surface area contributed by atoms with Crippen molar-refractivity contribution in [3.63, 3.8) is 0 Å². The first-order valence-corrected chi connectivity index (χ1v) is 12.5. The summed E-state index contributed by atoms with van der Waals surface area (Å²) >= 11 is 0. The van der Waals surface area contributed by atoms with Gasteiger partial charge in [-0.2, -0.15) is 9.78 Å². The van der Waals surface area contributed by atoms with E-state index in [4.69, 9.17) is 0 Å². The number of benzene rings is 3. The lowest BCUT2D eigenvalue weighted by atomic mass is 9.82. The van der Waals surface area contributed by atoms with Gasteiger partial charge >= 0.3 is 6.03 Å². The third kappa shape index (κ3) is 5.40. The van der Waals surface area contributed by atoms with Gasteiger partial charge in [0.2, 0.25) is 0 Å². The molecule has 0 unspecified atom stereocenters. The largest absolute Gasteiger partial charge is 0.507 e. The van der Waals surface area contributed by atoms with Crippen LogP contribution in [0.1, 0.15) is 57.9 Å². The van der Waals surface area contributed by atoms with Crippen molar-refractivity contribution in [2.45, 2.75) is 45.6 Å². The molecule has 5 rings (SSSR count). The van der Waals surface area contributed by atoms with Crippen LogP contribution < -0.4 is 10.6 Å². The first-order chi connectivity index (χ1) is 17.9. The van der Waals surface area contributed by atoms with Gasteiger partial charge in [0.1, 0.15) is 5.75 Å². The van der Waals surface area contributed by atoms with Crippen molar-refractivity contribution in [2.24, 2.45) is 0 Å². The first kappa shape index (κ1) is 24.3. The number of aryl methyl sites for hydroxylation is 2. The van der Waals surface area contributed by atoms with E-state index in [0.717, 1.165) is 36.1 Å². The monoisotopic (exact) mass is 494 g/mol. The van der Waals surface area contributed by atoms with E-state index in [-0.39, 0.29) is 23.6 Å². The van der Waals surface area contributed by atoms with Gasteiger partial charge in [-0.05, 0) is 62.6 Å². The molecule has 3 N–H and O–H groups in total. The van der Waals surface area contributed by atoms with Crippen LogP contribution >= 0.6 is 0 Å². The summed E-state index contributed by atoms with van der Waals surface area (Å²) in [4.78, 5) is 25.6. The van der Waals surface area contributed by atoms with Crippen LogP contribution in [0.3, 0.4) is 0 Å². The number of rotatable bonds is 6. The van der Waals surface area contributed by atoms with Gasteiger partial charge in [0.25, 0.3) is 5.91 Å². The highest BCUT2D eigenvalue weighted by molar-refractivity contribution is 6.04. The first-order valence-electron chi connectivity index (χ1n) is 12.5. The molecule has 1 aliphatic rings. The zero-order valence-corrected chi connectivity index (χ0v) is 21.0. The molecular formula is C30H30N4O3. The van der Waals surface area contributed by atoms with E-state index < -0.39 is 0 Å². The van der Waals surface area contributed by atoms with Gasteiger partial charge in [0, 0.05) is 35.3 Å². The number of phenols is 1. The van der Waals surface area contributed by atoms with Crippen molar-refractivity contribution in [3.05, 3.63) is 101 Å². The molecule has 0 spiro atoms. The summed E-state index contributed by atoms with van der Waals surface area (Å²) in [5.41, 5.74) is 6.12. The average molecular weight is 495 g/mol. The molecule has 0 atom stereocenters. The number of hydrogen-bond acceptors (Lipinski definition) is 4. The molecule has 4 aromatic rings. The Labute approximate surface area is 216 Å². The molecular weight excluding hydrogens is 464 g/mol. The maximum Gasteiger partial charge on any atom is 0.342 e. The number of aromatic hydroxyl groups is 1. The number of nitrogens with zero attached hydrogens (tertiary/aromatic N) is 2. The highest BCUT2D eigenvalue weighted by Gasteiger charge is 2.27. The summed E-state index contributed by atoms with van der Waals surface area (Å²) in [7, 11) is 0. The number of aromatic nitrogens is 2. The Kier molecular flexibility index (Phi) is 6.77. The highest BCUT2D eigenvalue weighted by Crippen LogP contribution is 2.39. The lowest BCUT2D eigenvalue weighted by molar-refractivity contribution is 0.102. The van der Waals surface area contributed by atoms with Gasteiger partial charge in [-0.3, -0.25) is 4.79 Å². The highest BCUT2D eigenvalue weighted by atomic mass is 16.3. The third-order valence-electron chi connectivity index (χ3n) is 6.86. The predicted molar refractivity (Wildman–Crippen MR) is 144 cm³/mol. The number of amides is 2. The lowest BCUT2D eigenvalue weighted by Crippen LogP contribution is -2.31. The van der Waals surface area contributed by atoms with Gasteiger partial charge in [-0.25, -0.2) is 4.79 Å². The maximum absolute atomic E-state index is 13.1. The Morgan fingerprint density at radius 1 is 0.946 bits per heavy atom. The van der Waals surface area contributed by atoms with Crippen molar-refractivity contribution in [3.8, 4) is 17.0 Å². The maximum atomic E-state index is 13.1. The molecule has 37 heavy (non-hydrogen) atoms. The van der Waals surface area contributed by atoms with Crippen LogP contribution in [0.15, 0.2) is 72.8 Å². The number of carbonyl (C=O) groups is 2. The predicted octanol–water partition coefficient (Wildman–Crippen LogP) is 6.15. The second-order valence-electron chi connectivity index (χ2n) is 9.69. The molecule has 7 nitrogen and oxygen atoms in total. The van der Waals surface area contributed by atoms with Gasteiger partial charge in [0.15, 0.2) is 0 Å². The van der Waals surface area contributed by atoms with Crippen LogP contribution in [0.25, 0.3) is 11.3 Å². The number of carbonyl (C=O) groups excluding carboxylic acids is 2. The molecule has 188 valence electrons. The van der Waals surface area contributed by atoms with Crippen LogP contribution in [0.4, 0.5) is 10.5 Å². The molecule has 0 radical (unpaired) electrons. The summed E-state index contributed by atoms with van der Waals surface area (Å²) in [5, 5.41) is 21.1. The zero-order chi connectivity index (χ0) is 25.9. The molecule has 1 aliphatic carbocycles. The second-order valence-corrected chi connectivity index (χ2v) is 9.69. The van der Waals surface area contributed by atoms with E-state index in [9.17, 15) is 14.7 Å². The summed E-state index contributed by atoms with van der Waals surface area (Å²) in [6.45, 7) is 4.39. The number of anilines is 1. The van der Waals surface area contributed by atoms with Crippen LogP contribution in [0.5, 0.6) is 5.75 Å². The SMILES string of the molecule is Cc1ccc(CNC(=O)n2nc(-c3ccc(NC(=O)c4ccc(C)cc4)cc3O)cc2C2CCC2)cc1. The van der Waals surface area contributed by atoms with Crippen LogP contribution in [0, 0.1) is 13.8 Å². The van der Waals surface area contributed by atoms with Crippen LogP contribution in [-0.4, -0.2) is 26.8 Å². The number of hydrogen-bond donors (Lipinski definition) is 3. The summed E-state index contributed by atoms with van der Waals surface area (Å²) < 4.78 is 1.43. The van der Waals surface area contributed by atoms with Crippen molar-refractivity contribution in [1.29, 1.82) is 0 Å².